The SMILES string of the molecule is CCc1nncn1CCNC(=NC)NCC(c1cccs1)N1CCOCC1.I. The number of hydrogen-bond donors (Lipinski definition) is 2. The van der Waals surface area contributed by atoms with Crippen molar-refractivity contribution in [1.29, 1.82) is 0 Å². The van der Waals surface area contributed by atoms with Crippen molar-refractivity contribution in [2.75, 3.05) is 46.4 Å². The Morgan fingerprint density at radius 1 is 1.36 bits per heavy atom. The molecule has 3 heterocycles. The van der Waals surface area contributed by atoms with Crippen LogP contribution in [0.15, 0.2) is 28.8 Å². The van der Waals surface area contributed by atoms with Gasteiger partial charge < -0.3 is 19.9 Å². The van der Waals surface area contributed by atoms with Crippen molar-refractivity contribution in [2.24, 2.45) is 4.99 Å². The van der Waals surface area contributed by atoms with Crippen LogP contribution in [0.5, 0.6) is 0 Å². The molecule has 3 rings (SSSR count). The fourth-order valence-corrected chi connectivity index (χ4v) is 4.09. The summed E-state index contributed by atoms with van der Waals surface area (Å²) in [5, 5.41) is 17.1. The molecule has 1 saturated heterocycles. The number of aromatic nitrogens is 3. The molecule has 1 aliphatic rings. The molecule has 0 radical (unpaired) electrons. The Labute approximate surface area is 187 Å². The van der Waals surface area contributed by atoms with Gasteiger partial charge in [0.25, 0.3) is 0 Å². The van der Waals surface area contributed by atoms with E-state index in [4.69, 9.17) is 4.74 Å². The zero-order valence-electron chi connectivity index (χ0n) is 16.5. The molecule has 10 heteroatoms. The molecular formula is C18H30IN7OS. The number of aryl methyl sites for hydroxylation is 1. The number of rotatable bonds is 8. The van der Waals surface area contributed by atoms with E-state index < -0.39 is 0 Å². The van der Waals surface area contributed by atoms with Gasteiger partial charge in [0.15, 0.2) is 5.96 Å². The summed E-state index contributed by atoms with van der Waals surface area (Å²) in [6.07, 6.45) is 2.66. The highest BCUT2D eigenvalue weighted by Gasteiger charge is 2.23. The summed E-state index contributed by atoms with van der Waals surface area (Å²) in [5.74, 6) is 1.82. The molecule has 1 aliphatic heterocycles. The summed E-state index contributed by atoms with van der Waals surface area (Å²) in [5.41, 5.74) is 0. The highest BCUT2D eigenvalue weighted by molar-refractivity contribution is 14.0. The molecule has 0 bridgehead atoms. The van der Waals surface area contributed by atoms with Crippen LogP contribution in [0.3, 0.4) is 0 Å². The Bertz CT molecular complexity index is 701. The van der Waals surface area contributed by atoms with Gasteiger partial charge in [-0.15, -0.1) is 45.5 Å². The number of halogens is 1. The summed E-state index contributed by atoms with van der Waals surface area (Å²) >= 11 is 1.80. The van der Waals surface area contributed by atoms with E-state index in [9.17, 15) is 0 Å². The number of nitrogens with one attached hydrogen (secondary N) is 2. The molecule has 1 fully saturated rings. The summed E-state index contributed by atoms with van der Waals surface area (Å²) < 4.78 is 7.59. The first kappa shape index (κ1) is 23.0. The third-order valence-corrected chi connectivity index (χ3v) is 5.68. The average Bonchev–Trinajstić information content (AvgIpc) is 3.39. The molecule has 0 saturated carbocycles. The van der Waals surface area contributed by atoms with E-state index in [1.165, 1.54) is 4.88 Å². The lowest BCUT2D eigenvalue weighted by molar-refractivity contribution is 0.0177. The summed E-state index contributed by atoms with van der Waals surface area (Å²) in [6, 6.07) is 4.66. The van der Waals surface area contributed by atoms with E-state index >= 15 is 0 Å². The molecule has 0 spiro atoms. The van der Waals surface area contributed by atoms with Crippen molar-refractivity contribution < 1.29 is 4.74 Å². The van der Waals surface area contributed by atoms with Crippen LogP contribution in [0.2, 0.25) is 0 Å². The van der Waals surface area contributed by atoms with Crippen LogP contribution < -0.4 is 10.6 Å². The zero-order chi connectivity index (χ0) is 18.9. The first-order chi connectivity index (χ1) is 13.3. The molecule has 156 valence electrons. The van der Waals surface area contributed by atoms with Gasteiger partial charge in [-0.3, -0.25) is 9.89 Å². The minimum atomic E-state index is 0. The largest absolute Gasteiger partial charge is 0.379 e. The van der Waals surface area contributed by atoms with Crippen LogP contribution in [-0.4, -0.2) is 72.1 Å². The van der Waals surface area contributed by atoms with Gasteiger partial charge in [-0.05, 0) is 11.4 Å². The first-order valence-electron chi connectivity index (χ1n) is 9.48. The van der Waals surface area contributed by atoms with Crippen molar-refractivity contribution in [3.8, 4) is 0 Å². The van der Waals surface area contributed by atoms with E-state index in [-0.39, 0.29) is 24.0 Å². The molecule has 2 N–H and O–H groups in total. The summed E-state index contributed by atoms with van der Waals surface area (Å²) in [7, 11) is 1.81. The van der Waals surface area contributed by atoms with Crippen molar-refractivity contribution in [2.45, 2.75) is 25.9 Å². The molecule has 0 aliphatic carbocycles. The smallest absolute Gasteiger partial charge is 0.191 e. The standard InChI is InChI=1S/C18H29N7OS.HI/c1-3-17-23-22-14-25(17)7-6-20-18(19-2)21-13-15(16-5-4-12-27-16)24-8-10-26-11-9-24;/h4-5,12,14-15H,3,6-11,13H2,1-2H3,(H2,19,20,21);1H. The predicted octanol–water partition coefficient (Wildman–Crippen LogP) is 1.76. The maximum atomic E-state index is 5.51. The maximum absolute atomic E-state index is 5.51. The van der Waals surface area contributed by atoms with E-state index in [1.807, 2.05) is 0 Å². The van der Waals surface area contributed by atoms with Crippen LogP contribution in [0, 0.1) is 0 Å². The minimum Gasteiger partial charge on any atom is -0.379 e. The van der Waals surface area contributed by atoms with Gasteiger partial charge in [-0.1, -0.05) is 13.0 Å². The van der Waals surface area contributed by atoms with Crippen LogP contribution in [0.4, 0.5) is 0 Å². The second kappa shape index (κ2) is 12.3. The number of morpholine rings is 1. The van der Waals surface area contributed by atoms with Crippen LogP contribution in [0.1, 0.15) is 23.7 Å². The summed E-state index contributed by atoms with van der Waals surface area (Å²) in [6.45, 7) is 8.01. The Morgan fingerprint density at radius 3 is 2.86 bits per heavy atom. The fourth-order valence-electron chi connectivity index (χ4n) is 3.23. The molecule has 2 aromatic heterocycles. The van der Waals surface area contributed by atoms with Crippen molar-refractivity contribution in [1.82, 2.24) is 30.3 Å². The molecule has 1 atom stereocenters. The van der Waals surface area contributed by atoms with Crippen LogP contribution in [-0.2, 0) is 17.7 Å². The third kappa shape index (κ3) is 6.39. The van der Waals surface area contributed by atoms with Gasteiger partial charge in [-0.2, -0.15) is 0 Å². The average molecular weight is 519 g/mol. The molecule has 1 unspecified atom stereocenters. The minimum absolute atomic E-state index is 0. The van der Waals surface area contributed by atoms with Gasteiger partial charge in [0, 0.05) is 51.1 Å². The van der Waals surface area contributed by atoms with Crippen LogP contribution in [0.25, 0.3) is 0 Å². The number of guanidine groups is 1. The lowest BCUT2D eigenvalue weighted by Gasteiger charge is -2.34. The Balaban J connectivity index is 0.00000280. The van der Waals surface area contributed by atoms with E-state index in [0.717, 1.165) is 64.1 Å². The normalized spacial score (nSPS) is 16.4. The second-order valence-corrected chi connectivity index (χ2v) is 7.33. The highest BCUT2D eigenvalue weighted by Crippen LogP contribution is 2.25. The molecule has 0 aromatic carbocycles. The van der Waals surface area contributed by atoms with E-state index in [1.54, 1.807) is 24.7 Å². The van der Waals surface area contributed by atoms with Crippen LogP contribution >= 0.6 is 35.3 Å². The zero-order valence-corrected chi connectivity index (χ0v) is 19.7. The van der Waals surface area contributed by atoms with Crippen molar-refractivity contribution in [3.63, 3.8) is 0 Å². The first-order valence-corrected chi connectivity index (χ1v) is 10.4. The monoisotopic (exact) mass is 519 g/mol. The third-order valence-electron chi connectivity index (χ3n) is 4.70. The van der Waals surface area contributed by atoms with Gasteiger partial charge in [0.05, 0.1) is 19.3 Å². The van der Waals surface area contributed by atoms with Gasteiger partial charge >= 0.3 is 0 Å². The maximum Gasteiger partial charge on any atom is 0.191 e. The number of thiophene rings is 1. The van der Waals surface area contributed by atoms with Crippen molar-refractivity contribution in [3.05, 3.63) is 34.5 Å². The lowest BCUT2D eigenvalue weighted by Crippen LogP contribution is -2.46. The number of aliphatic imine (C=N–C) groups is 1. The highest BCUT2D eigenvalue weighted by atomic mass is 127. The Hall–Kier alpha value is -1.24. The number of hydrogen-bond acceptors (Lipinski definition) is 6. The number of ether oxygens (including phenoxy) is 1. The lowest BCUT2D eigenvalue weighted by atomic mass is 10.2. The Morgan fingerprint density at radius 2 is 2.18 bits per heavy atom. The van der Waals surface area contributed by atoms with Gasteiger partial charge in [0.2, 0.25) is 0 Å². The molecular weight excluding hydrogens is 489 g/mol. The van der Waals surface area contributed by atoms with Crippen molar-refractivity contribution >= 4 is 41.3 Å². The topological polar surface area (TPSA) is 79.6 Å². The van der Waals surface area contributed by atoms with Gasteiger partial charge in [0.1, 0.15) is 12.2 Å². The molecule has 28 heavy (non-hydrogen) atoms. The summed E-state index contributed by atoms with van der Waals surface area (Å²) in [4.78, 5) is 8.22. The second-order valence-electron chi connectivity index (χ2n) is 6.35. The fraction of sp³-hybridized carbons (Fsp3) is 0.611. The predicted molar refractivity (Wildman–Crippen MR) is 124 cm³/mol. The Kier molecular flexibility index (Phi) is 10.2. The molecule has 0 amide bonds. The van der Waals surface area contributed by atoms with E-state index in [2.05, 4.69) is 59.7 Å². The van der Waals surface area contributed by atoms with E-state index in [0.29, 0.717) is 6.04 Å². The van der Waals surface area contributed by atoms with Gasteiger partial charge in [-0.25, -0.2) is 0 Å². The molecule has 8 nitrogen and oxygen atoms in total. The molecule has 2 aromatic rings. The quantitative estimate of drug-likeness (QED) is 0.315. The number of nitrogens with zero attached hydrogens (tertiary/aromatic N) is 5.